The van der Waals surface area contributed by atoms with Gasteiger partial charge in [0.05, 0.1) is 24.4 Å². The van der Waals surface area contributed by atoms with E-state index in [9.17, 15) is 14.7 Å². The molecule has 0 fully saturated rings. The summed E-state index contributed by atoms with van der Waals surface area (Å²) in [5.41, 5.74) is 3.08. The molecule has 3 rings (SSSR count). The average Bonchev–Trinajstić information content (AvgIpc) is 2.88. The smallest absolute Gasteiger partial charge is 0.278 e. The van der Waals surface area contributed by atoms with Crippen molar-refractivity contribution in [3.8, 4) is 0 Å². The molecular weight excluding hydrogens is 330 g/mol. The quantitative estimate of drug-likeness (QED) is 0.800. The van der Waals surface area contributed by atoms with Gasteiger partial charge in [-0.3, -0.25) is 19.5 Å². The van der Waals surface area contributed by atoms with E-state index in [2.05, 4.69) is 4.98 Å². The van der Waals surface area contributed by atoms with Crippen LogP contribution in [0.2, 0.25) is 0 Å². The Kier molecular flexibility index (Phi) is 5.14. The highest BCUT2D eigenvalue weighted by atomic mass is 16.3. The van der Waals surface area contributed by atoms with Crippen LogP contribution in [0.3, 0.4) is 0 Å². The molecule has 26 heavy (non-hydrogen) atoms. The molecule has 0 unspecified atom stereocenters. The van der Waals surface area contributed by atoms with Crippen molar-refractivity contribution >= 4 is 17.4 Å². The first-order valence-corrected chi connectivity index (χ1v) is 8.42. The number of carbonyl (C=O) groups is 2. The van der Waals surface area contributed by atoms with Crippen LogP contribution in [0.1, 0.15) is 16.8 Å². The summed E-state index contributed by atoms with van der Waals surface area (Å²) in [5, 5.41) is 9.26. The van der Waals surface area contributed by atoms with Crippen LogP contribution in [-0.4, -0.2) is 51.9 Å². The van der Waals surface area contributed by atoms with Crippen LogP contribution in [0.4, 0.5) is 0 Å². The van der Waals surface area contributed by atoms with E-state index < -0.39 is 0 Å². The van der Waals surface area contributed by atoms with Gasteiger partial charge in [-0.2, -0.15) is 0 Å². The number of imide groups is 1. The third-order valence-corrected chi connectivity index (χ3v) is 4.35. The number of likely N-dealkylation sites (N-methyl/N-ethyl adjacent to an activating group) is 1. The largest absolute Gasteiger partial charge is 0.395 e. The Balaban J connectivity index is 2.01. The Morgan fingerprint density at radius 3 is 2.42 bits per heavy atom. The maximum Gasteiger partial charge on any atom is 0.278 e. The molecule has 2 amide bonds. The minimum Gasteiger partial charge on any atom is -0.395 e. The maximum absolute atomic E-state index is 13.1. The summed E-state index contributed by atoms with van der Waals surface area (Å²) in [6.07, 6.45) is 1.63. The van der Waals surface area contributed by atoms with Crippen LogP contribution < -0.4 is 0 Å². The lowest BCUT2D eigenvalue weighted by molar-refractivity contribution is -0.138. The zero-order chi connectivity index (χ0) is 18.7. The summed E-state index contributed by atoms with van der Waals surface area (Å²) in [7, 11) is 1.70. The highest BCUT2D eigenvalue weighted by Crippen LogP contribution is 2.32. The molecule has 1 aromatic carbocycles. The molecular formula is C20H21N3O3. The Hall–Kier alpha value is -2.99. The number of hydrogen-bond acceptors (Lipinski definition) is 5. The molecule has 2 heterocycles. The van der Waals surface area contributed by atoms with Gasteiger partial charge in [-0.25, -0.2) is 0 Å². The summed E-state index contributed by atoms with van der Waals surface area (Å²) >= 11 is 0. The first kappa shape index (κ1) is 17.8. The lowest BCUT2D eigenvalue weighted by atomic mass is 10.0. The number of rotatable bonds is 6. The average molecular weight is 351 g/mol. The fourth-order valence-electron chi connectivity index (χ4n) is 2.96. The Morgan fingerprint density at radius 2 is 1.81 bits per heavy atom. The molecule has 1 aliphatic heterocycles. The third-order valence-electron chi connectivity index (χ3n) is 4.35. The number of hydrogen-bond donors (Lipinski definition) is 1. The molecule has 0 radical (unpaired) electrons. The second kappa shape index (κ2) is 7.49. The van der Waals surface area contributed by atoms with Crippen LogP contribution in [0, 0.1) is 6.92 Å². The molecule has 0 bridgehead atoms. The number of carbonyl (C=O) groups excluding carboxylic acids is 2. The van der Waals surface area contributed by atoms with Crippen molar-refractivity contribution in [1.82, 2.24) is 14.8 Å². The lowest BCUT2D eigenvalue weighted by Crippen LogP contribution is -2.34. The monoisotopic (exact) mass is 351 g/mol. The number of nitrogens with zero attached hydrogens (tertiary/aromatic N) is 3. The number of amides is 2. The number of aryl methyl sites for hydroxylation is 1. The first-order valence-electron chi connectivity index (χ1n) is 8.42. The molecule has 6 nitrogen and oxygen atoms in total. The molecule has 0 saturated carbocycles. The van der Waals surface area contributed by atoms with Crippen molar-refractivity contribution in [1.29, 1.82) is 0 Å². The minimum atomic E-state index is -0.368. The SMILES string of the molecule is Cc1ccc(C2=C(N(C)CCO)C(=O)N(Cc3ccccn3)C2=O)cc1. The Morgan fingerprint density at radius 1 is 1.08 bits per heavy atom. The van der Waals surface area contributed by atoms with Gasteiger partial charge >= 0.3 is 0 Å². The van der Waals surface area contributed by atoms with Crippen LogP contribution in [0.25, 0.3) is 5.57 Å². The van der Waals surface area contributed by atoms with E-state index in [-0.39, 0.29) is 31.5 Å². The highest BCUT2D eigenvalue weighted by Gasteiger charge is 2.40. The third kappa shape index (κ3) is 3.36. The zero-order valence-corrected chi connectivity index (χ0v) is 14.8. The second-order valence-corrected chi connectivity index (χ2v) is 6.25. The molecule has 0 saturated heterocycles. The number of benzene rings is 1. The van der Waals surface area contributed by atoms with Gasteiger partial charge < -0.3 is 10.0 Å². The van der Waals surface area contributed by atoms with Gasteiger partial charge in [-0.1, -0.05) is 35.9 Å². The van der Waals surface area contributed by atoms with E-state index in [0.717, 1.165) is 5.56 Å². The summed E-state index contributed by atoms with van der Waals surface area (Å²) in [6.45, 7) is 2.24. The predicted octanol–water partition coefficient (Wildman–Crippen LogP) is 1.59. The summed E-state index contributed by atoms with van der Waals surface area (Å²) in [6, 6.07) is 12.9. The Labute approximate surface area is 152 Å². The normalized spacial score (nSPS) is 14.3. The van der Waals surface area contributed by atoms with E-state index in [0.29, 0.717) is 22.5 Å². The van der Waals surface area contributed by atoms with Crippen molar-refractivity contribution in [3.63, 3.8) is 0 Å². The summed E-state index contributed by atoms with van der Waals surface area (Å²) in [5.74, 6) is -0.712. The fourth-order valence-corrected chi connectivity index (χ4v) is 2.96. The lowest BCUT2D eigenvalue weighted by Gasteiger charge is -2.20. The zero-order valence-electron chi connectivity index (χ0n) is 14.8. The highest BCUT2D eigenvalue weighted by molar-refractivity contribution is 6.35. The molecule has 134 valence electrons. The second-order valence-electron chi connectivity index (χ2n) is 6.25. The van der Waals surface area contributed by atoms with Crippen LogP contribution >= 0.6 is 0 Å². The summed E-state index contributed by atoms with van der Waals surface area (Å²) in [4.78, 5) is 33.1. The molecule has 1 aromatic heterocycles. The van der Waals surface area contributed by atoms with Crippen molar-refractivity contribution in [2.75, 3.05) is 20.2 Å². The topological polar surface area (TPSA) is 73.7 Å². The van der Waals surface area contributed by atoms with E-state index in [1.807, 2.05) is 37.3 Å². The van der Waals surface area contributed by atoms with Crippen LogP contribution in [0.15, 0.2) is 54.4 Å². The molecule has 0 aliphatic carbocycles. The number of aromatic nitrogens is 1. The molecule has 6 heteroatoms. The number of aliphatic hydroxyl groups excluding tert-OH is 1. The predicted molar refractivity (Wildman–Crippen MR) is 97.6 cm³/mol. The van der Waals surface area contributed by atoms with Crippen molar-refractivity contribution in [2.45, 2.75) is 13.5 Å². The molecule has 1 aliphatic rings. The standard InChI is InChI=1S/C20H21N3O3/c1-14-6-8-15(9-7-14)17-18(22(2)11-12-24)20(26)23(19(17)25)13-16-5-3-4-10-21-16/h3-10,24H,11-13H2,1-2H3. The van der Waals surface area contributed by atoms with Gasteiger partial charge in [0.25, 0.3) is 11.8 Å². The molecule has 1 N–H and O–H groups in total. The van der Waals surface area contributed by atoms with Gasteiger partial charge in [0.2, 0.25) is 0 Å². The van der Waals surface area contributed by atoms with Gasteiger partial charge in [-0.05, 0) is 24.6 Å². The van der Waals surface area contributed by atoms with E-state index >= 15 is 0 Å². The summed E-state index contributed by atoms with van der Waals surface area (Å²) < 4.78 is 0. The van der Waals surface area contributed by atoms with Crippen molar-refractivity contribution in [2.24, 2.45) is 0 Å². The minimum absolute atomic E-state index is 0.108. The van der Waals surface area contributed by atoms with E-state index in [4.69, 9.17) is 0 Å². The molecule has 0 atom stereocenters. The van der Waals surface area contributed by atoms with Gasteiger partial charge in [0.1, 0.15) is 5.70 Å². The first-order chi connectivity index (χ1) is 12.5. The van der Waals surface area contributed by atoms with Gasteiger partial charge in [0, 0.05) is 19.8 Å². The Bertz CT molecular complexity index is 844. The van der Waals surface area contributed by atoms with Crippen LogP contribution in [0.5, 0.6) is 0 Å². The van der Waals surface area contributed by atoms with E-state index in [1.54, 1.807) is 30.3 Å². The van der Waals surface area contributed by atoms with Gasteiger partial charge in [-0.15, -0.1) is 0 Å². The maximum atomic E-state index is 13.1. The number of aliphatic hydroxyl groups is 1. The van der Waals surface area contributed by atoms with Gasteiger partial charge in [0.15, 0.2) is 0 Å². The fraction of sp³-hybridized carbons (Fsp3) is 0.250. The molecule has 0 spiro atoms. The van der Waals surface area contributed by atoms with Crippen molar-refractivity contribution in [3.05, 3.63) is 71.2 Å². The molecule has 2 aromatic rings. The van der Waals surface area contributed by atoms with Crippen LogP contribution in [-0.2, 0) is 16.1 Å². The van der Waals surface area contributed by atoms with E-state index in [1.165, 1.54) is 4.90 Å². The number of pyridine rings is 1. The van der Waals surface area contributed by atoms with Crippen molar-refractivity contribution < 1.29 is 14.7 Å².